The third-order valence-corrected chi connectivity index (χ3v) is 4.40. The summed E-state index contributed by atoms with van der Waals surface area (Å²) in [4.78, 5) is 11.6. The molecule has 20 heavy (non-hydrogen) atoms. The van der Waals surface area contributed by atoms with Gasteiger partial charge in [-0.25, -0.2) is 0 Å². The zero-order valence-corrected chi connectivity index (χ0v) is 13.4. The van der Waals surface area contributed by atoms with Gasteiger partial charge in [0.2, 0.25) is 5.91 Å². The van der Waals surface area contributed by atoms with Crippen LogP contribution in [0.25, 0.3) is 0 Å². The highest BCUT2D eigenvalue weighted by molar-refractivity contribution is 5.77. The van der Waals surface area contributed by atoms with E-state index in [4.69, 9.17) is 0 Å². The van der Waals surface area contributed by atoms with E-state index in [0.717, 1.165) is 44.6 Å². The van der Waals surface area contributed by atoms with Gasteiger partial charge in [0.15, 0.2) is 0 Å². The van der Waals surface area contributed by atoms with Gasteiger partial charge < -0.3 is 15.7 Å². The molecule has 0 saturated heterocycles. The van der Waals surface area contributed by atoms with E-state index in [2.05, 4.69) is 31.4 Å². The Morgan fingerprint density at radius 2 is 2.00 bits per heavy atom. The van der Waals surface area contributed by atoms with Gasteiger partial charge in [0, 0.05) is 13.1 Å². The highest BCUT2D eigenvalue weighted by Gasteiger charge is 2.32. The van der Waals surface area contributed by atoms with Crippen molar-refractivity contribution in [1.82, 2.24) is 10.6 Å². The summed E-state index contributed by atoms with van der Waals surface area (Å²) in [6, 6.07) is 0. The minimum atomic E-state index is -0.607. The highest BCUT2D eigenvalue weighted by atomic mass is 16.3. The van der Waals surface area contributed by atoms with Crippen molar-refractivity contribution >= 4 is 5.91 Å². The van der Waals surface area contributed by atoms with Crippen LogP contribution in [0.4, 0.5) is 0 Å². The lowest BCUT2D eigenvalue weighted by Crippen LogP contribution is -2.46. The van der Waals surface area contributed by atoms with Crippen molar-refractivity contribution in [3.05, 3.63) is 0 Å². The minimum absolute atomic E-state index is 0.0245. The molecule has 0 aromatic heterocycles. The summed E-state index contributed by atoms with van der Waals surface area (Å²) in [6.07, 6.45) is 6.14. The Morgan fingerprint density at radius 3 is 2.55 bits per heavy atom. The fourth-order valence-corrected chi connectivity index (χ4v) is 2.77. The molecule has 118 valence electrons. The highest BCUT2D eigenvalue weighted by Crippen LogP contribution is 2.33. The van der Waals surface area contributed by atoms with Crippen LogP contribution in [0.15, 0.2) is 0 Å². The van der Waals surface area contributed by atoms with E-state index in [9.17, 15) is 9.90 Å². The Labute approximate surface area is 123 Å². The van der Waals surface area contributed by atoms with Gasteiger partial charge in [0.05, 0.1) is 12.1 Å². The van der Waals surface area contributed by atoms with Gasteiger partial charge in [-0.05, 0) is 43.9 Å². The molecule has 1 aliphatic rings. The molecule has 0 aromatic rings. The molecule has 0 heterocycles. The Balaban J connectivity index is 2.12. The standard InChI is InChI=1S/C16H32N2O2/c1-4-14-5-8-16(20,9-6-14)12-17-11-15(19)18-10-7-13(2)3/h13-14,17,20H,4-12H2,1-3H3,(H,18,19). The van der Waals surface area contributed by atoms with Gasteiger partial charge >= 0.3 is 0 Å². The quantitative estimate of drug-likeness (QED) is 0.639. The fourth-order valence-electron chi connectivity index (χ4n) is 2.77. The number of hydrogen-bond acceptors (Lipinski definition) is 3. The van der Waals surface area contributed by atoms with E-state index in [1.807, 2.05) is 0 Å². The average Bonchev–Trinajstić information content (AvgIpc) is 2.39. The van der Waals surface area contributed by atoms with Crippen LogP contribution in [-0.2, 0) is 4.79 Å². The Morgan fingerprint density at radius 1 is 1.35 bits per heavy atom. The van der Waals surface area contributed by atoms with Crippen LogP contribution in [0.2, 0.25) is 0 Å². The minimum Gasteiger partial charge on any atom is -0.389 e. The van der Waals surface area contributed by atoms with E-state index in [1.165, 1.54) is 6.42 Å². The van der Waals surface area contributed by atoms with Gasteiger partial charge in [0.1, 0.15) is 0 Å². The zero-order chi connectivity index (χ0) is 15.0. The first-order valence-electron chi connectivity index (χ1n) is 8.15. The summed E-state index contributed by atoms with van der Waals surface area (Å²) < 4.78 is 0. The normalized spacial score (nSPS) is 26.8. The average molecular weight is 284 g/mol. The molecular formula is C16H32N2O2. The largest absolute Gasteiger partial charge is 0.389 e. The van der Waals surface area contributed by atoms with Crippen LogP contribution < -0.4 is 10.6 Å². The van der Waals surface area contributed by atoms with Crippen molar-refractivity contribution in [1.29, 1.82) is 0 Å². The van der Waals surface area contributed by atoms with E-state index in [-0.39, 0.29) is 5.91 Å². The molecule has 0 radical (unpaired) electrons. The molecule has 1 amide bonds. The predicted molar refractivity (Wildman–Crippen MR) is 82.5 cm³/mol. The van der Waals surface area contributed by atoms with Gasteiger partial charge in [-0.2, -0.15) is 0 Å². The first-order valence-corrected chi connectivity index (χ1v) is 8.15. The molecule has 1 rings (SSSR count). The van der Waals surface area contributed by atoms with Crippen LogP contribution >= 0.6 is 0 Å². The molecule has 0 spiro atoms. The van der Waals surface area contributed by atoms with Gasteiger partial charge in [0.25, 0.3) is 0 Å². The molecule has 0 aromatic carbocycles. The van der Waals surface area contributed by atoms with E-state index in [1.54, 1.807) is 0 Å². The van der Waals surface area contributed by atoms with Crippen LogP contribution in [0, 0.1) is 11.8 Å². The monoisotopic (exact) mass is 284 g/mol. The number of aliphatic hydroxyl groups is 1. The van der Waals surface area contributed by atoms with E-state index < -0.39 is 5.60 Å². The maximum absolute atomic E-state index is 11.6. The molecule has 0 unspecified atom stereocenters. The van der Waals surface area contributed by atoms with Crippen LogP contribution in [0.1, 0.15) is 59.3 Å². The molecular weight excluding hydrogens is 252 g/mol. The maximum Gasteiger partial charge on any atom is 0.233 e. The van der Waals surface area contributed by atoms with Gasteiger partial charge in [-0.1, -0.05) is 27.2 Å². The molecule has 0 bridgehead atoms. The molecule has 4 heteroatoms. The number of carbonyl (C=O) groups is 1. The van der Waals surface area contributed by atoms with Gasteiger partial charge in [-0.3, -0.25) is 4.79 Å². The van der Waals surface area contributed by atoms with Gasteiger partial charge in [-0.15, -0.1) is 0 Å². The number of amides is 1. The molecule has 1 saturated carbocycles. The van der Waals surface area contributed by atoms with E-state index >= 15 is 0 Å². The number of hydrogen-bond donors (Lipinski definition) is 3. The lowest BCUT2D eigenvalue weighted by atomic mass is 9.78. The molecule has 0 atom stereocenters. The second-order valence-corrected chi connectivity index (χ2v) is 6.71. The summed E-state index contributed by atoms with van der Waals surface area (Å²) in [7, 11) is 0. The first-order chi connectivity index (χ1) is 9.45. The van der Waals surface area contributed by atoms with Crippen molar-refractivity contribution in [2.24, 2.45) is 11.8 Å². The fraction of sp³-hybridized carbons (Fsp3) is 0.938. The van der Waals surface area contributed by atoms with Crippen molar-refractivity contribution < 1.29 is 9.90 Å². The number of nitrogens with one attached hydrogen (secondary N) is 2. The summed E-state index contributed by atoms with van der Waals surface area (Å²) >= 11 is 0. The van der Waals surface area contributed by atoms with E-state index in [0.29, 0.717) is 19.0 Å². The third kappa shape index (κ3) is 6.71. The third-order valence-electron chi connectivity index (χ3n) is 4.40. The van der Waals surface area contributed by atoms with Crippen LogP contribution in [-0.4, -0.2) is 36.2 Å². The zero-order valence-electron chi connectivity index (χ0n) is 13.4. The second kappa shape index (κ2) is 8.63. The molecule has 3 N–H and O–H groups in total. The predicted octanol–water partition coefficient (Wildman–Crippen LogP) is 2.07. The lowest BCUT2D eigenvalue weighted by molar-refractivity contribution is -0.120. The van der Waals surface area contributed by atoms with Crippen molar-refractivity contribution in [2.45, 2.75) is 64.9 Å². The smallest absolute Gasteiger partial charge is 0.233 e. The molecule has 0 aliphatic heterocycles. The lowest BCUT2D eigenvalue weighted by Gasteiger charge is -2.36. The van der Waals surface area contributed by atoms with Crippen molar-refractivity contribution in [2.75, 3.05) is 19.6 Å². The second-order valence-electron chi connectivity index (χ2n) is 6.71. The summed E-state index contributed by atoms with van der Waals surface area (Å²) in [6.45, 7) is 8.08. The van der Waals surface area contributed by atoms with Crippen molar-refractivity contribution in [3.8, 4) is 0 Å². The summed E-state index contributed by atoms with van der Waals surface area (Å²) in [5.74, 6) is 1.41. The summed E-state index contributed by atoms with van der Waals surface area (Å²) in [5, 5.41) is 16.5. The Kier molecular flexibility index (Phi) is 7.52. The Hall–Kier alpha value is -0.610. The Bertz CT molecular complexity index is 284. The SMILES string of the molecule is CCC1CCC(O)(CNCC(=O)NCCC(C)C)CC1. The van der Waals surface area contributed by atoms with Crippen LogP contribution in [0.3, 0.4) is 0 Å². The maximum atomic E-state index is 11.6. The van der Waals surface area contributed by atoms with Crippen LogP contribution in [0.5, 0.6) is 0 Å². The molecule has 1 aliphatic carbocycles. The molecule has 1 fully saturated rings. The summed E-state index contributed by atoms with van der Waals surface area (Å²) in [5.41, 5.74) is -0.607. The number of carbonyl (C=O) groups excluding carboxylic acids is 1. The molecule has 4 nitrogen and oxygen atoms in total. The first kappa shape index (κ1) is 17.4. The van der Waals surface area contributed by atoms with Crippen molar-refractivity contribution in [3.63, 3.8) is 0 Å². The topological polar surface area (TPSA) is 61.4 Å². The number of rotatable bonds is 8.